The van der Waals surface area contributed by atoms with E-state index in [1.165, 1.54) is 13.2 Å². The lowest BCUT2D eigenvalue weighted by Crippen LogP contribution is -2.45. The summed E-state index contributed by atoms with van der Waals surface area (Å²) >= 11 is 36.7. The van der Waals surface area contributed by atoms with Crippen LogP contribution < -0.4 is 0 Å². The van der Waals surface area contributed by atoms with E-state index in [1.54, 1.807) is 0 Å². The molecule has 0 fully saturated rings. The largest absolute Gasteiger partial charge is 0.466 e. The van der Waals surface area contributed by atoms with Crippen LogP contribution in [0.4, 0.5) is 0 Å². The number of halogens is 6. The third kappa shape index (κ3) is 1.35. The molecule has 2 bridgehead atoms. The van der Waals surface area contributed by atoms with E-state index in [1.807, 2.05) is 0 Å². The first-order chi connectivity index (χ1) is 7.64. The van der Waals surface area contributed by atoms with E-state index in [0.29, 0.717) is 0 Å². The molecule has 2 atom stereocenters. The molecule has 0 amide bonds. The molecular weight excluding hydrogens is 353 g/mol. The lowest BCUT2D eigenvalue weighted by Gasteiger charge is -2.32. The van der Waals surface area contributed by atoms with Crippen molar-refractivity contribution >= 4 is 75.6 Å². The number of allylic oxidation sites excluding steroid dienone is 3. The second kappa shape index (κ2) is 3.84. The predicted molar refractivity (Wildman–Crippen MR) is 70.4 cm³/mol. The van der Waals surface area contributed by atoms with Crippen molar-refractivity contribution in [2.24, 2.45) is 0 Å². The van der Waals surface area contributed by atoms with Gasteiger partial charge in [0.05, 0.1) is 22.7 Å². The number of fused-ring (bicyclic) bond motifs is 2. The number of carbonyl (C=O) groups excluding carboxylic acids is 1. The van der Waals surface area contributed by atoms with Gasteiger partial charge in [0.1, 0.15) is 9.75 Å². The van der Waals surface area contributed by atoms with Gasteiger partial charge >= 0.3 is 5.97 Å². The summed E-state index contributed by atoms with van der Waals surface area (Å²) in [5.41, 5.74) is -0.0175. The average molecular weight is 357 g/mol. The van der Waals surface area contributed by atoms with Gasteiger partial charge in [-0.15, -0.1) is 23.2 Å². The molecule has 0 unspecified atom stereocenters. The Morgan fingerprint density at radius 2 is 1.71 bits per heavy atom. The number of esters is 1. The molecule has 0 spiro atoms. The maximum Gasteiger partial charge on any atom is 0.335 e. The Kier molecular flexibility index (Phi) is 3.19. The predicted octanol–water partition coefficient (Wildman–Crippen LogP) is 3.93. The molecule has 0 aromatic heterocycles. The SMILES string of the molecule is COC(=O)C1=C[C@@]2(Cl)C(Cl)=C(Cl)[C@]1(Cl)C2(Cl)Cl. The lowest BCUT2D eigenvalue weighted by molar-refractivity contribution is -0.136. The average Bonchev–Trinajstić information content (AvgIpc) is 2.49. The zero-order valence-corrected chi connectivity index (χ0v) is 12.7. The maximum atomic E-state index is 11.6. The van der Waals surface area contributed by atoms with Crippen LogP contribution in [0.3, 0.4) is 0 Å². The van der Waals surface area contributed by atoms with Crippen molar-refractivity contribution in [3.8, 4) is 0 Å². The molecule has 0 saturated heterocycles. The third-order valence-corrected chi connectivity index (χ3v) is 6.88. The number of carbonyl (C=O) groups is 1. The number of hydrogen-bond donors (Lipinski definition) is 0. The van der Waals surface area contributed by atoms with Gasteiger partial charge in [-0.05, 0) is 6.08 Å². The van der Waals surface area contributed by atoms with Gasteiger partial charge in [-0.1, -0.05) is 46.4 Å². The first-order valence-electron chi connectivity index (χ1n) is 4.28. The van der Waals surface area contributed by atoms with Crippen molar-refractivity contribution in [1.82, 2.24) is 0 Å². The minimum Gasteiger partial charge on any atom is -0.466 e. The smallest absolute Gasteiger partial charge is 0.335 e. The van der Waals surface area contributed by atoms with Crippen LogP contribution in [0.15, 0.2) is 21.7 Å². The van der Waals surface area contributed by atoms with E-state index < -0.39 is 20.1 Å². The molecule has 2 rings (SSSR count). The van der Waals surface area contributed by atoms with Gasteiger partial charge in [0.2, 0.25) is 0 Å². The maximum absolute atomic E-state index is 11.6. The van der Waals surface area contributed by atoms with Gasteiger partial charge in [0.25, 0.3) is 0 Å². The lowest BCUT2D eigenvalue weighted by atomic mass is 10.0. The van der Waals surface area contributed by atoms with Gasteiger partial charge in [-0.25, -0.2) is 4.79 Å². The molecule has 2 nitrogen and oxygen atoms in total. The van der Waals surface area contributed by atoms with Crippen LogP contribution in [0.1, 0.15) is 0 Å². The molecule has 8 heteroatoms. The Labute approximate surface area is 127 Å². The van der Waals surface area contributed by atoms with Crippen molar-refractivity contribution in [2.45, 2.75) is 14.1 Å². The summed E-state index contributed by atoms with van der Waals surface area (Å²) in [6.07, 6.45) is 1.28. The van der Waals surface area contributed by atoms with Crippen molar-refractivity contribution in [3.05, 3.63) is 21.7 Å². The molecule has 94 valence electrons. The van der Waals surface area contributed by atoms with E-state index in [2.05, 4.69) is 4.74 Å². The second-order valence-electron chi connectivity index (χ2n) is 3.62. The summed E-state index contributed by atoms with van der Waals surface area (Å²) in [5.74, 6) is -0.712. The molecule has 0 aliphatic heterocycles. The zero-order chi connectivity index (χ0) is 13.2. The summed E-state index contributed by atoms with van der Waals surface area (Å²) in [6, 6.07) is 0. The fourth-order valence-electron chi connectivity index (χ4n) is 1.89. The third-order valence-electron chi connectivity index (χ3n) is 2.82. The van der Waals surface area contributed by atoms with Crippen molar-refractivity contribution in [1.29, 1.82) is 0 Å². The Hall–Kier alpha value is 0.690. The van der Waals surface area contributed by atoms with Crippen LogP contribution in [0, 0.1) is 0 Å². The number of rotatable bonds is 1. The van der Waals surface area contributed by atoms with Crippen molar-refractivity contribution in [2.75, 3.05) is 7.11 Å². The highest BCUT2D eigenvalue weighted by molar-refractivity contribution is 6.67. The fraction of sp³-hybridized carbons (Fsp3) is 0.444. The Bertz CT molecular complexity index is 482. The van der Waals surface area contributed by atoms with Gasteiger partial charge < -0.3 is 4.74 Å². The van der Waals surface area contributed by atoms with E-state index in [9.17, 15) is 4.79 Å². The minimum atomic E-state index is -1.76. The molecular formula is C9H4Cl6O2. The highest BCUT2D eigenvalue weighted by Gasteiger charge is 2.76. The van der Waals surface area contributed by atoms with Crippen LogP contribution in [-0.2, 0) is 9.53 Å². The number of methoxy groups -OCH3 is 1. The normalized spacial score (nSPS) is 38.4. The summed E-state index contributed by atoms with van der Waals surface area (Å²) in [5, 5.41) is -0.0581. The molecule has 0 radical (unpaired) electrons. The number of ether oxygens (including phenoxy) is 1. The van der Waals surface area contributed by atoms with Crippen LogP contribution in [0.25, 0.3) is 0 Å². The van der Waals surface area contributed by atoms with Crippen molar-refractivity contribution < 1.29 is 9.53 Å². The first-order valence-corrected chi connectivity index (χ1v) is 6.55. The number of hydrogen-bond acceptors (Lipinski definition) is 2. The molecule has 17 heavy (non-hydrogen) atoms. The summed E-state index contributed by atoms with van der Waals surface area (Å²) in [4.78, 5) is 8.40. The van der Waals surface area contributed by atoms with Gasteiger partial charge in [-0.3, -0.25) is 0 Å². The highest BCUT2D eigenvalue weighted by Crippen LogP contribution is 2.71. The van der Waals surface area contributed by atoms with Gasteiger partial charge in [0.15, 0.2) is 4.33 Å². The summed E-state index contributed by atoms with van der Waals surface area (Å²) in [6.45, 7) is 0. The summed E-state index contributed by atoms with van der Waals surface area (Å²) in [7, 11) is 1.19. The van der Waals surface area contributed by atoms with Crippen LogP contribution in [0.2, 0.25) is 0 Å². The molecule has 0 saturated carbocycles. The first kappa shape index (κ1) is 14.1. The van der Waals surface area contributed by atoms with E-state index in [-0.39, 0.29) is 15.6 Å². The quantitative estimate of drug-likeness (QED) is 0.525. The molecule has 0 N–H and O–H groups in total. The Balaban J connectivity index is 2.69. The molecule has 2 aliphatic rings. The van der Waals surface area contributed by atoms with Crippen molar-refractivity contribution in [3.63, 3.8) is 0 Å². The van der Waals surface area contributed by atoms with E-state index in [4.69, 9.17) is 69.6 Å². The minimum absolute atomic E-state index is 0.00786. The van der Waals surface area contributed by atoms with E-state index >= 15 is 0 Å². The molecule has 0 aromatic carbocycles. The van der Waals surface area contributed by atoms with Crippen LogP contribution >= 0.6 is 69.6 Å². The topological polar surface area (TPSA) is 26.3 Å². The Morgan fingerprint density at radius 3 is 2.06 bits per heavy atom. The zero-order valence-electron chi connectivity index (χ0n) is 8.16. The highest BCUT2D eigenvalue weighted by atomic mass is 35.5. The molecule has 0 aromatic rings. The van der Waals surface area contributed by atoms with Gasteiger partial charge in [0, 0.05) is 0 Å². The standard InChI is InChI=1S/C9H4Cl6O2/c1-17-6(16)3-2-7(12)4(10)5(11)8(3,13)9(7,14)15/h2H,1H3/t7-,8+/m1/s1. The number of alkyl halides is 4. The monoisotopic (exact) mass is 354 g/mol. The van der Waals surface area contributed by atoms with Gasteiger partial charge in [-0.2, -0.15) is 0 Å². The fourth-order valence-corrected chi connectivity index (χ4v) is 4.37. The Morgan fingerprint density at radius 1 is 1.18 bits per heavy atom. The van der Waals surface area contributed by atoms with Crippen LogP contribution in [0.5, 0.6) is 0 Å². The molecule has 2 aliphatic carbocycles. The summed E-state index contributed by atoms with van der Waals surface area (Å²) < 4.78 is 2.82. The van der Waals surface area contributed by atoms with Crippen LogP contribution in [-0.4, -0.2) is 27.2 Å². The second-order valence-corrected chi connectivity index (χ2v) is 6.87. The molecule has 0 heterocycles. The van der Waals surface area contributed by atoms with E-state index in [0.717, 1.165) is 0 Å².